The van der Waals surface area contributed by atoms with Crippen LogP contribution in [0.4, 0.5) is 0 Å². The Balaban J connectivity index is 2.53. The number of benzene rings is 1. The third kappa shape index (κ3) is 4.53. The van der Waals surface area contributed by atoms with Crippen LogP contribution in [0.1, 0.15) is 38.7 Å². The molecule has 0 aromatic heterocycles. The van der Waals surface area contributed by atoms with Gasteiger partial charge in [0.15, 0.2) is 0 Å². The van der Waals surface area contributed by atoms with Crippen molar-refractivity contribution in [1.29, 1.82) is 0 Å². The van der Waals surface area contributed by atoms with Crippen molar-refractivity contribution in [3.05, 3.63) is 29.8 Å². The Morgan fingerprint density at radius 2 is 1.95 bits per heavy atom. The molecule has 20 heavy (non-hydrogen) atoms. The first-order valence-corrected chi connectivity index (χ1v) is 7.91. The molecule has 0 saturated heterocycles. The molecule has 1 unspecified atom stereocenters. The molecule has 0 aliphatic rings. The molecule has 0 bridgehead atoms. The van der Waals surface area contributed by atoms with Crippen LogP contribution in [0.25, 0.3) is 0 Å². The first-order chi connectivity index (χ1) is 9.42. The highest BCUT2D eigenvalue weighted by molar-refractivity contribution is 7.99. The minimum atomic E-state index is -0.611. The summed E-state index contributed by atoms with van der Waals surface area (Å²) in [7, 11) is 3.22. The molecule has 112 valence electrons. The number of methoxy groups -OCH3 is 1. The Labute approximate surface area is 126 Å². The van der Waals surface area contributed by atoms with Crippen LogP contribution in [0.5, 0.6) is 0 Å². The molecule has 0 fully saturated rings. The predicted octanol–water partition coefficient (Wildman–Crippen LogP) is 3.44. The second-order valence-electron chi connectivity index (χ2n) is 5.40. The topological polar surface area (TPSA) is 38.3 Å². The summed E-state index contributed by atoms with van der Waals surface area (Å²) in [4.78, 5) is 13.0. The van der Waals surface area contributed by atoms with Gasteiger partial charge in [-0.3, -0.25) is 4.79 Å². The summed E-state index contributed by atoms with van der Waals surface area (Å²) in [6, 6.07) is 8.64. The van der Waals surface area contributed by atoms with E-state index in [1.54, 1.807) is 18.8 Å². The zero-order valence-corrected chi connectivity index (χ0v) is 13.8. The highest BCUT2D eigenvalue weighted by atomic mass is 32.2. The largest absolute Gasteiger partial charge is 0.468 e. The quantitative estimate of drug-likeness (QED) is 0.618. The second kappa shape index (κ2) is 7.70. The number of thioether (sulfide) groups is 1. The van der Waals surface area contributed by atoms with E-state index in [1.165, 1.54) is 17.6 Å². The maximum absolute atomic E-state index is 11.7. The molecule has 1 rings (SSSR count). The SMILES string of the molecule is CNC(C)(CCSc1ccc(C(C)C)cc1)C(=O)OC. The van der Waals surface area contributed by atoms with Crippen molar-refractivity contribution in [2.75, 3.05) is 19.9 Å². The fraction of sp³-hybridized carbons (Fsp3) is 0.562. The Bertz CT molecular complexity index is 431. The molecule has 0 amide bonds. The zero-order chi connectivity index (χ0) is 15.2. The molecule has 1 N–H and O–H groups in total. The van der Waals surface area contributed by atoms with Gasteiger partial charge in [0.2, 0.25) is 0 Å². The molecule has 1 atom stereocenters. The van der Waals surface area contributed by atoms with Crippen molar-refractivity contribution in [3.63, 3.8) is 0 Å². The Hall–Kier alpha value is -1.00. The van der Waals surface area contributed by atoms with Gasteiger partial charge in [-0.2, -0.15) is 0 Å². The standard InChI is InChI=1S/C16H25NO2S/c1-12(2)13-6-8-14(9-7-13)20-11-10-16(3,17-4)15(18)19-5/h6-9,12,17H,10-11H2,1-5H3. The van der Waals surface area contributed by atoms with Crippen molar-refractivity contribution in [1.82, 2.24) is 5.32 Å². The molecule has 0 aliphatic heterocycles. The van der Waals surface area contributed by atoms with E-state index in [0.717, 1.165) is 12.2 Å². The number of ether oxygens (including phenoxy) is 1. The van der Waals surface area contributed by atoms with Crippen molar-refractivity contribution in [2.24, 2.45) is 0 Å². The Morgan fingerprint density at radius 3 is 2.40 bits per heavy atom. The monoisotopic (exact) mass is 295 g/mol. The van der Waals surface area contributed by atoms with Gasteiger partial charge >= 0.3 is 5.97 Å². The summed E-state index contributed by atoms with van der Waals surface area (Å²) in [6.07, 6.45) is 0.729. The van der Waals surface area contributed by atoms with Crippen molar-refractivity contribution >= 4 is 17.7 Å². The molecule has 3 nitrogen and oxygen atoms in total. The lowest BCUT2D eigenvalue weighted by molar-refractivity contribution is -0.147. The summed E-state index contributed by atoms with van der Waals surface area (Å²) in [5.41, 5.74) is 0.739. The minimum Gasteiger partial charge on any atom is -0.468 e. The van der Waals surface area contributed by atoms with Gasteiger partial charge in [0.25, 0.3) is 0 Å². The third-order valence-electron chi connectivity index (χ3n) is 3.61. The van der Waals surface area contributed by atoms with Crippen molar-refractivity contribution < 1.29 is 9.53 Å². The average molecular weight is 295 g/mol. The first kappa shape index (κ1) is 17.1. The van der Waals surface area contributed by atoms with Gasteiger partial charge in [-0.05, 0) is 44.0 Å². The van der Waals surface area contributed by atoms with Gasteiger partial charge in [-0.25, -0.2) is 0 Å². The van der Waals surface area contributed by atoms with Gasteiger partial charge in [-0.1, -0.05) is 26.0 Å². The smallest absolute Gasteiger partial charge is 0.325 e. The number of nitrogens with one attached hydrogen (secondary N) is 1. The lowest BCUT2D eigenvalue weighted by Crippen LogP contribution is -2.48. The third-order valence-corrected chi connectivity index (χ3v) is 4.62. The number of carbonyl (C=O) groups is 1. The van der Waals surface area contributed by atoms with Gasteiger partial charge in [-0.15, -0.1) is 11.8 Å². The maximum Gasteiger partial charge on any atom is 0.325 e. The van der Waals surface area contributed by atoms with Crippen LogP contribution >= 0.6 is 11.8 Å². The van der Waals surface area contributed by atoms with Crippen LogP contribution in [-0.4, -0.2) is 31.4 Å². The fourth-order valence-electron chi connectivity index (χ4n) is 1.88. The van der Waals surface area contributed by atoms with Crippen molar-refractivity contribution in [3.8, 4) is 0 Å². The summed E-state index contributed by atoms with van der Waals surface area (Å²) in [5.74, 6) is 1.21. The highest BCUT2D eigenvalue weighted by Crippen LogP contribution is 2.24. The molecule has 0 aliphatic carbocycles. The van der Waals surface area contributed by atoms with E-state index in [1.807, 2.05) is 6.92 Å². The minimum absolute atomic E-state index is 0.212. The fourth-order valence-corrected chi connectivity index (χ4v) is 2.95. The Kier molecular flexibility index (Phi) is 6.56. The van der Waals surface area contributed by atoms with Gasteiger partial charge < -0.3 is 10.1 Å². The summed E-state index contributed by atoms with van der Waals surface area (Å²) < 4.78 is 4.84. The van der Waals surface area contributed by atoms with E-state index >= 15 is 0 Å². The molecule has 0 spiro atoms. The molecular formula is C16H25NO2S. The number of hydrogen-bond acceptors (Lipinski definition) is 4. The van der Waals surface area contributed by atoms with E-state index in [4.69, 9.17) is 4.74 Å². The van der Waals surface area contributed by atoms with E-state index < -0.39 is 5.54 Å². The van der Waals surface area contributed by atoms with E-state index in [2.05, 4.69) is 43.4 Å². The van der Waals surface area contributed by atoms with Gasteiger partial charge in [0, 0.05) is 10.6 Å². The van der Waals surface area contributed by atoms with E-state index in [-0.39, 0.29) is 5.97 Å². The lowest BCUT2D eigenvalue weighted by Gasteiger charge is -2.25. The van der Waals surface area contributed by atoms with Gasteiger partial charge in [0.1, 0.15) is 5.54 Å². The normalized spacial score (nSPS) is 14.1. The number of rotatable bonds is 7. The molecule has 1 aromatic carbocycles. The first-order valence-electron chi connectivity index (χ1n) is 6.93. The van der Waals surface area contributed by atoms with Crippen LogP contribution < -0.4 is 5.32 Å². The summed E-state index contributed by atoms with van der Waals surface area (Å²) in [6.45, 7) is 6.26. The molecule has 0 saturated carbocycles. The molecule has 4 heteroatoms. The molecule has 0 heterocycles. The maximum atomic E-state index is 11.7. The average Bonchev–Trinajstić information content (AvgIpc) is 2.46. The molecule has 1 aromatic rings. The number of hydrogen-bond donors (Lipinski definition) is 1. The van der Waals surface area contributed by atoms with Crippen molar-refractivity contribution in [2.45, 2.75) is 43.5 Å². The van der Waals surface area contributed by atoms with E-state index in [9.17, 15) is 4.79 Å². The van der Waals surface area contributed by atoms with Crippen LogP contribution in [0.2, 0.25) is 0 Å². The summed E-state index contributed by atoms with van der Waals surface area (Å²) >= 11 is 1.76. The van der Waals surface area contributed by atoms with Crippen LogP contribution in [-0.2, 0) is 9.53 Å². The molecule has 0 radical (unpaired) electrons. The molecular weight excluding hydrogens is 270 g/mol. The van der Waals surface area contributed by atoms with Crippen LogP contribution in [0.15, 0.2) is 29.2 Å². The predicted molar refractivity (Wildman–Crippen MR) is 85.4 cm³/mol. The van der Waals surface area contributed by atoms with Gasteiger partial charge in [0.05, 0.1) is 7.11 Å². The van der Waals surface area contributed by atoms with E-state index in [0.29, 0.717) is 5.92 Å². The zero-order valence-electron chi connectivity index (χ0n) is 13.0. The lowest BCUT2D eigenvalue weighted by atomic mass is 10.00. The summed E-state index contributed by atoms with van der Waals surface area (Å²) in [5, 5.41) is 3.05. The Morgan fingerprint density at radius 1 is 1.35 bits per heavy atom. The number of likely N-dealkylation sites (N-methyl/N-ethyl adjacent to an activating group) is 1. The van der Waals surface area contributed by atoms with Crippen LogP contribution in [0, 0.1) is 0 Å². The highest BCUT2D eigenvalue weighted by Gasteiger charge is 2.31. The number of carbonyl (C=O) groups excluding carboxylic acids is 1. The van der Waals surface area contributed by atoms with Crippen LogP contribution in [0.3, 0.4) is 0 Å². The number of esters is 1. The second-order valence-corrected chi connectivity index (χ2v) is 6.56.